The van der Waals surface area contributed by atoms with Gasteiger partial charge in [-0.15, -0.1) is 0 Å². The first-order chi connectivity index (χ1) is 10.0. The molecule has 0 aliphatic carbocycles. The van der Waals surface area contributed by atoms with Crippen LogP contribution in [-0.2, 0) is 9.09 Å². The summed E-state index contributed by atoms with van der Waals surface area (Å²) in [6.07, 6.45) is 0. The first-order valence-electron chi connectivity index (χ1n) is 6.66. The molecule has 1 atom stereocenters. The van der Waals surface area contributed by atoms with Gasteiger partial charge < -0.3 is 4.52 Å². The van der Waals surface area contributed by atoms with Gasteiger partial charge in [0.25, 0.3) is 0 Å². The van der Waals surface area contributed by atoms with Crippen LogP contribution in [0.5, 0.6) is 5.75 Å². The Balaban J connectivity index is 2.28. The lowest BCUT2D eigenvalue weighted by Crippen LogP contribution is -2.12. The Morgan fingerprint density at radius 3 is 2.19 bits per heavy atom. The zero-order valence-corrected chi connectivity index (χ0v) is 12.9. The molecular weight excluding hydrogens is 287 g/mol. The highest BCUT2D eigenvalue weighted by atomic mass is 31.2. The number of carbonyl (C=O) groups excluding carboxylic acids is 1. The van der Waals surface area contributed by atoms with Crippen molar-refractivity contribution in [3.8, 4) is 5.75 Å². The number of rotatable bonds is 6. The van der Waals surface area contributed by atoms with Crippen LogP contribution in [0, 0.1) is 0 Å². The molecule has 1 unspecified atom stereocenters. The molecule has 0 amide bonds. The molecule has 0 radical (unpaired) electrons. The van der Waals surface area contributed by atoms with E-state index in [2.05, 4.69) is 0 Å². The van der Waals surface area contributed by atoms with Crippen LogP contribution < -0.4 is 9.83 Å². The van der Waals surface area contributed by atoms with Crippen LogP contribution in [0.1, 0.15) is 24.2 Å². The van der Waals surface area contributed by atoms with E-state index in [1.807, 2.05) is 6.07 Å². The van der Waals surface area contributed by atoms with Gasteiger partial charge in [-0.1, -0.05) is 18.2 Å². The molecule has 0 spiro atoms. The Bertz CT molecular complexity index is 650. The minimum absolute atomic E-state index is 0.0300. The fraction of sp³-hybridized carbons (Fsp3) is 0.188. The Hall–Kier alpha value is -1.90. The Morgan fingerprint density at radius 1 is 1.05 bits per heavy atom. The van der Waals surface area contributed by atoms with E-state index in [1.54, 1.807) is 55.5 Å². The van der Waals surface area contributed by atoms with Gasteiger partial charge in [0.2, 0.25) is 0 Å². The van der Waals surface area contributed by atoms with Crippen LogP contribution in [0.2, 0.25) is 0 Å². The molecule has 0 heterocycles. The molecule has 0 bridgehead atoms. The molecule has 21 heavy (non-hydrogen) atoms. The smallest absolute Gasteiger partial charge is 0.410 e. The highest BCUT2D eigenvalue weighted by Crippen LogP contribution is 2.47. The van der Waals surface area contributed by atoms with Crippen LogP contribution in [0.25, 0.3) is 0 Å². The monoisotopic (exact) mass is 304 g/mol. The van der Waals surface area contributed by atoms with Crippen molar-refractivity contribution in [3.63, 3.8) is 0 Å². The third-order valence-electron chi connectivity index (χ3n) is 2.86. The van der Waals surface area contributed by atoms with Crippen molar-refractivity contribution < 1.29 is 18.4 Å². The quantitative estimate of drug-likeness (QED) is 0.601. The summed E-state index contributed by atoms with van der Waals surface area (Å²) in [5.41, 5.74) is 0.577. The maximum Gasteiger partial charge on any atom is 0.410 e. The summed E-state index contributed by atoms with van der Waals surface area (Å²) < 4.78 is 23.8. The van der Waals surface area contributed by atoms with Gasteiger partial charge in [-0.2, -0.15) is 0 Å². The molecule has 4 nitrogen and oxygen atoms in total. The molecule has 0 aromatic heterocycles. The number of Topliss-reactive ketones (excluding diaryl/α,β-unsaturated/α-hetero) is 1. The van der Waals surface area contributed by atoms with E-state index in [1.165, 1.54) is 6.92 Å². The van der Waals surface area contributed by atoms with E-state index in [9.17, 15) is 9.36 Å². The van der Waals surface area contributed by atoms with Gasteiger partial charge in [0.15, 0.2) is 5.78 Å². The number of benzene rings is 2. The van der Waals surface area contributed by atoms with E-state index in [-0.39, 0.29) is 12.4 Å². The summed E-state index contributed by atoms with van der Waals surface area (Å²) in [4.78, 5) is 11.2. The normalized spacial score (nSPS) is 13.4. The molecule has 0 aliphatic rings. The second kappa shape index (κ2) is 6.70. The summed E-state index contributed by atoms with van der Waals surface area (Å²) in [5.74, 6) is 0.373. The first-order valence-corrected chi connectivity index (χ1v) is 8.20. The van der Waals surface area contributed by atoms with Crippen LogP contribution >= 0.6 is 7.60 Å². The van der Waals surface area contributed by atoms with Crippen molar-refractivity contribution in [3.05, 3.63) is 60.2 Å². The molecule has 0 N–H and O–H groups in total. The molecule has 2 rings (SSSR count). The van der Waals surface area contributed by atoms with Crippen molar-refractivity contribution >= 4 is 18.7 Å². The number of ketones is 1. The van der Waals surface area contributed by atoms with Gasteiger partial charge in [0.05, 0.1) is 11.9 Å². The minimum atomic E-state index is -3.42. The van der Waals surface area contributed by atoms with Crippen LogP contribution in [-0.4, -0.2) is 12.4 Å². The number of carbonyl (C=O) groups is 1. The summed E-state index contributed by atoms with van der Waals surface area (Å²) in [6, 6.07) is 15.3. The van der Waals surface area contributed by atoms with E-state index in [0.29, 0.717) is 16.6 Å². The third-order valence-corrected chi connectivity index (χ3v) is 4.84. The van der Waals surface area contributed by atoms with Crippen LogP contribution in [0.3, 0.4) is 0 Å². The molecule has 2 aromatic carbocycles. The summed E-state index contributed by atoms with van der Waals surface area (Å²) in [7, 11) is -3.42. The van der Waals surface area contributed by atoms with Crippen molar-refractivity contribution in [2.45, 2.75) is 13.8 Å². The summed E-state index contributed by atoms with van der Waals surface area (Å²) in [6.45, 7) is 3.53. The van der Waals surface area contributed by atoms with E-state index in [0.717, 1.165) is 0 Å². The van der Waals surface area contributed by atoms with Crippen molar-refractivity contribution in [2.24, 2.45) is 0 Å². The molecule has 0 aliphatic heterocycles. The molecule has 0 fully saturated rings. The van der Waals surface area contributed by atoms with Crippen molar-refractivity contribution in [1.29, 1.82) is 0 Å². The molecule has 110 valence electrons. The summed E-state index contributed by atoms with van der Waals surface area (Å²) >= 11 is 0. The topological polar surface area (TPSA) is 52.6 Å². The van der Waals surface area contributed by atoms with Crippen molar-refractivity contribution in [2.75, 3.05) is 6.61 Å². The highest BCUT2D eigenvalue weighted by molar-refractivity contribution is 7.62. The predicted octanol–water partition coefficient (Wildman–Crippen LogP) is 3.82. The maximum atomic E-state index is 12.9. The molecule has 2 aromatic rings. The molecular formula is C16H17O4P. The first kappa shape index (κ1) is 15.5. The second-order valence-corrected chi connectivity index (χ2v) is 6.37. The fourth-order valence-corrected chi connectivity index (χ4v) is 3.41. The molecule has 0 saturated heterocycles. The lowest BCUT2D eigenvalue weighted by atomic mass is 10.1. The van der Waals surface area contributed by atoms with Gasteiger partial charge in [-0.05, 0) is 50.2 Å². The van der Waals surface area contributed by atoms with E-state index < -0.39 is 7.60 Å². The number of hydrogen-bond acceptors (Lipinski definition) is 4. The SMILES string of the molecule is CCOP(=O)(Oc1ccc(C(C)=O)cc1)c1ccccc1. The average molecular weight is 304 g/mol. The van der Waals surface area contributed by atoms with Gasteiger partial charge in [0, 0.05) is 5.56 Å². The summed E-state index contributed by atoms with van der Waals surface area (Å²) in [5, 5.41) is 0.502. The predicted molar refractivity (Wildman–Crippen MR) is 82.4 cm³/mol. The van der Waals surface area contributed by atoms with Gasteiger partial charge in [-0.25, -0.2) is 4.57 Å². The lowest BCUT2D eigenvalue weighted by molar-refractivity contribution is 0.101. The van der Waals surface area contributed by atoms with Gasteiger partial charge in [-0.3, -0.25) is 9.32 Å². The number of hydrogen-bond donors (Lipinski definition) is 0. The maximum absolute atomic E-state index is 12.9. The zero-order valence-electron chi connectivity index (χ0n) is 12.0. The zero-order chi connectivity index (χ0) is 15.3. The van der Waals surface area contributed by atoms with E-state index >= 15 is 0 Å². The largest absolute Gasteiger partial charge is 0.421 e. The minimum Gasteiger partial charge on any atom is -0.421 e. The third kappa shape index (κ3) is 3.81. The standard InChI is InChI=1S/C16H17O4P/c1-3-19-21(18,16-7-5-4-6-8-16)20-15-11-9-14(10-12-15)13(2)17/h4-12H,3H2,1-2H3. The van der Waals surface area contributed by atoms with Crippen molar-refractivity contribution in [1.82, 2.24) is 0 Å². The van der Waals surface area contributed by atoms with Gasteiger partial charge >= 0.3 is 7.60 Å². The van der Waals surface area contributed by atoms with Crippen LogP contribution in [0.4, 0.5) is 0 Å². The molecule has 0 saturated carbocycles. The molecule has 5 heteroatoms. The van der Waals surface area contributed by atoms with E-state index in [4.69, 9.17) is 9.05 Å². The highest BCUT2D eigenvalue weighted by Gasteiger charge is 2.28. The Morgan fingerprint density at radius 2 is 1.67 bits per heavy atom. The average Bonchev–Trinajstić information content (AvgIpc) is 2.49. The van der Waals surface area contributed by atoms with Gasteiger partial charge in [0.1, 0.15) is 5.75 Å². The van der Waals surface area contributed by atoms with Crippen LogP contribution in [0.15, 0.2) is 54.6 Å². The Kier molecular flexibility index (Phi) is 4.94. The lowest BCUT2D eigenvalue weighted by Gasteiger charge is -2.18. The fourth-order valence-electron chi connectivity index (χ4n) is 1.82. The Labute approximate surface area is 124 Å². The second-order valence-electron chi connectivity index (χ2n) is 4.42.